The number of methoxy groups -OCH3 is 1. The Morgan fingerprint density at radius 1 is 1.21 bits per heavy atom. The predicted molar refractivity (Wildman–Crippen MR) is 144 cm³/mol. The summed E-state index contributed by atoms with van der Waals surface area (Å²) in [7, 11) is 3.25. The van der Waals surface area contributed by atoms with E-state index in [0.717, 1.165) is 0 Å². The van der Waals surface area contributed by atoms with Crippen molar-refractivity contribution in [1.29, 1.82) is 0 Å². The Morgan fingerprint density at radius 2 is 1.87 bits per heavy atom. The monoisotopic (exact) mass is 525 g/mol. The number of aliphatic hydroxyl groups excluding tert-OH is 1. The number of hydrogen-bond acceptors (Lipinski definition) is 6. The average Bonchev–Trinajstić information content (AvgIpc) is 3.55. The fourth-order valence-electron chi connectivity index (χ4n) is 6.53. The number of benzene rings is 1. The van der Waals surface area contributed by atoms with E-state index in [1.165, 1.54) is 4.90 Å². The number of carbonyl (C=O) groups is 3. The van der Waals surface area contributed by atoms with Gasteiger partial charge in [-0.15, -0.1) is 13.2 Å². The summed E-state index contributed by atoms with van der Waals surface area (Å²) in [6.45, 7) is 11.6. The van der Waals surface area contributed by atoms with Crippen LogP contribution in [-0.2, 0) is 19.1 Å². The number of likely N-dealkylation sites (tertiary alicyclic amines) is 1. The molecule has 2 bridgehead atoms. The number of nitrogens with zero attached hydrogens (tertiary/aromatic N) is 3. The summed E-state index contributed by atoms with van der Waals surface area (Å²) < 4.78 is 11.8. The lowest BCUT2D eigenvalue weighted by Gasteiger charge is -2.40. The molecule has 3 aliphatic heterocycles. The van der Waals surface area contributed by atoms with E-state index in [4.69, 9.17) is 9.47 Å². The topological polar surface area (TPSA) is 99.6 Å². The summed E-state index contributed by atoms with van der Waals surface area (Å²) in [5.74, 6) is -1.79. The normalized spacial score (nSPS) is 28.3. The van der Waals surface area contributed by atoms with Gasteiger partial charge in [-0.2, -0.15) is 0 Å². The van der Waals surface area contributed by atoms with Crippen LogP contribution in [0.25, 0.3) is 0 Å². The highest BCUT2D eigenvalue weighted by Gasteiger charge is 2.75. The second kappa shape index (κ2) is 10.9. The third kappa shape index (κ3) is 4.31. The summed E-state index contributed by atoms with van der Waals surface area (Å²) in [5.41, 5.74) is -0.526. The molecule has 4 rings (SSSR count). The van der Waals surface area contributed by atoms with Crippen molar-refractivity contribution < 1.29 is 29.0 Å². The molecule has 0 aromatic heterocycles. The van der Waals surface area contributed by atoms with E-state index < -0.39 is 35.6 Å². The lowest BCUT2D eigenvalue weighted by Crippen LogP contribution is -2.59. The molecule has 0 aliphatic carbocycles. The van der Waals surface area contributed by atoms with Crippen LogP contribution in [0, 0.1) is 17.8 Å². The molecule has 9 heteroatoms. The molecule has 3 saturated heterocycles. The molecule has 38 heavy (non-hydrogen) atoms. The Morgan fingerprint density at radius 3 is 2.42 bits per heavy atom. The van der Waals surface area contributed by atoms with E-state index in [9.17, 15) is 19.5 Å². The predicted octanol–water partition coefficient (Wildman–Crippen LogP) is 2.25. The van der Waals surface area contributed by atoms with Crippen LogP contribution < -0.4 is 9.64 Å². The number of hydrogen-bond donors (Lipinski definition) is 1. The molecule has 0 saturated carbocycles. The molecule has 1 aromatic carbocycles. The van der Waals surface area contributed by atoms with Gasteiger partial charge in [0.25, 0.3) is 5.91 Å². The number of amides is 3. The first-order chi connectivity index (χ1) is 18.2. The highest BCUT2D eigenvalue weighted by molar-refractivity contribution is 6.05. The summed E-state index contributed by atoms with van der Waals surface area (Å²) >= 11 is 0. The zero-order chi connectivity index (χ0) is 27.8. The van der Waals surface area contributed by atoms with Crippen LogP contribution in [0.1, 0.15) is 26.7 Å². The third-order valence-electron chi connectivity index (χ3n) is 8.31. The molecule has 3 fully saturated rings. The van der Waals surface area contributed by atoms with E-state index in [-0.39, 0.29) is 36.8 Å². The maximum absolute atomic E-state index is 14.5. The number of ether oxygens (including phenoxy) is 2. The second-order valence-corrected chi connectivity index (χ2v) is 10.7. The molecular weight excluding hydrogens is 486 g/mol. The molecule has 3 heterocycles. The maximum Gasteiger partial charge on any atom is 0.253 e. The van der Waals surface area contributed by atoms with Gasteiger partial charge in [0.2, 0.25) is 11.8 Å². The van der Waals surface area contributed by atoms with Crippen molar-refractivity contribution in [2.24, 2.45) is 17.8 Å². The van der Waals surface area contributed by atoms with Crippen LogP contribution in [0.15, 0.2) is 49.6 Å². The van der Waals surface area contributed by atoms with Crippen molar-refractivity contribution in [3.63, 3.8) is 0 Å². The lowest BCUT2D eigenvalue weighted by molar-refractivity contribution is -0.147. The minimum atomic E-state index is -1.15. The SMILES string of the molecule is C=CCN(C)C(=O)[C@@H]1[C@@H]2CCC3(O2)C(C(=O)N(CC=C)c2ccc(OC)cc2)N([C@@H](CO)C(C)C)C(=O)[C@H]13. The summed E-state index contributed by atoms with van der Waals surface area (Å²) in [6.07, 6.45) is 3.89. The zero-order valence-electron chi connectivity index (χ0n) is 22.7. The first-order valence-electron chi connectivity index (χ1n) is 13.2. The zero-order valence-corrected chi connectivity index (χ0v) is 22.7. The highest BCUT2D eigenvalue weighted by atomic mass is 16.5. The van der Waals surface area contributed by atoms with E-state index in [0.29, 0.717) is 30.8 Å². The highest BCUT2D eigenvalue weighted by Crippen LogP contribution is 2.59. The molecule has 3 aliphatic rings. The number of aliphatic hydroxyl groups is 1. The standard InChI is InChI=1S/C29H39N3O6/c1-7-15-30(5)26(34)23-22-13-14-29(38-22)24(23)27(35)32(21(17-33)18(3)4)25(29)28(36)31(16-8-2)19-9-11-20(37-6)12-10-19/h7-12,18,21-25,33H,1-2,13-17H2,3-6H3/t21-,22-,23+,24-,25?,29?/m0/s1. The molecule has 9 nitrogen and oxygen atoms in total. The van der Waals surface area contributed by atoms with Gasteiger partial charge in [0.05, 0.1) is 37.7 Å². The number of anilines is 1. The van der Waals surface area contributed by atoms with Gasteiger partial charge in [-0.1, -0.05) is 26.0 Å². The quantitative estimate of drug-likeness (QED) is 0.445. The fraction of sp³-hybridized carbons (Fsp3) is 0.552. The van der Waals surface area contributed by atoms with Crippen LogP contribution in [0.4, 0.5) is 5.69 Å². The van der Waals surface area contributed by atoms with Gasteiger partial charge in [-0.3, -0.25) is 14.4 Å². The van der Waals surface area contributed by atoms with Gasteiger partial charge in [0.1, 0.15) is 17.4 Å². The largest absolute Gasteiger partial charge is 0.497 e. The van der Waals surface area contributed by atoms with Crippen molar-refractivity contribution >= 4 is 23.4 Å². The summed E-state index contributed by atoms with van der Waals surface area (Å²) in [4.78, 5) is 46.9. The van der Waals surface area contributed by atoms with Crippen molar-refractivity contribution in [1.82, 2.24) is 9.80 Å². The minimum absolute atomic E-state index is 0.127. The molecule has 2 unspecified atom stereocenters. The Bertz CT molecular complexity index is 1090. The summed E-state index contributed by atoms with van der Waals surface area (Å²) in [6, 6.07) is 5.50. The average molecular weight is 526 g/mol. The van der Waals surface area contributed by atoms with E-state index in [1.54, 1.807) is 60.4 Å². The molecule has 1 N–H and O–H groups in total. The molecule has 206 valence electrons. The van der Waals surface area contributed by atoms with Gasteiger partial charge in [-0.05, 0) is 43.0 Å². The summed E-state index contributed by atoms with van der Waals surface area (Å²) in [5, 5.41) is 10.4. The van der Waals surface area contributed by atoms with Gasteiger partial charge in [-0.25, -0.2) is 0 Å². The molecule has 6 atom stereocenters. The molecule has 1 aromatic rings. The third-order valence-corrected chi connectivity index (χ3v) is 8.31. The Balaban J connectivity index is 1.81. The first kappa shape index (κ1) is 27.9. The Kier molecular flexibility index (Phi) is 7.99. The van der Waals surface area contributed by atoms with Crippen molar-refractivity contribution in [2.45, 2.75) is 50.5 Å². The number of carbonyl (C=O) groups excluding carboxylic acids is 3. The molecule has 0 radical (unpaired) electrons. The van der Waals surface area contributed by atoms with Gasteiger partial charge in [0.15, 0.2) is 0 Å². The fourth-order valence-corrected chi connectivity index (χ4v) is 6.53. The minimum Gasteiger partial charge on any atom is -0.497 e. The molecule has 3 amide bonds. The van der Waals surface area contributed by atoms with E-state index in [1.807, 2.05) is 13.8 Å². The van der Waals surface area contributed by atoms with Crippen LogP contribution in [0.2, 0.25) is 0 Å². The van der Waals surface area contributed by atoms with Crippen LogP contribution in [-0.4, -0.2) is 90.3 Å². The Hall–Kier alpha value is -3.17. The smallest absolute Gasteiger partial charge is 0.253 e. The molecular formula is C29H39N3O6. The van der Waals surface area contributed by atoms with Gasteiger partial charge >= 0.3 is 0 Å². The maximum atomic E-state index is 14.5. The van der Waals surface area contributed by atoms with Gasteiger partial charge in [0, 0.05) is 25.8 Å². The van der Waals surface area contributed by atoms with Crippen LogP contribution in [0.3, 0.4) is 0 Å². The lowest BCUT2D eigenvalue weighted by atomic mass is 9.70. The van der Waals surface area contributed by atoms with Crippen LogP contribution >= 0.6 is 0 Å². The second-order valence-electron chi connectivity index (χ2n) is 10.7. The van der Waals surface area contributed by atoms with Crippen molar-refractivity contribution in [3.05, 3.63) is 49.6 Å². The van der Waals surface area contributed by atoms with Crippen molar-refractivity contribution in [3.8, 4) is 5.75 Å². The van der Waals surface area contributed by atoms with E-state index >= 15 is 0 Å². The van der Waals surface area contributed by atoms with Gasteiger partial charge < -0.3 is 29.3 Å². The van der Waals surface area contributed by atoms with Crippen molar-refractivity contribution in [2.75, 3.05) is 38.8 Å². The number of rotatable bonds is 11. The number of fused-ring (bicyclic) bond motifs is 1. The first-order valence-corrected chi connectivity index (χ1v) is 13.2. The van der Waals surface area contributed by atoms with E-state index in [2.05, 4.69) is 13.2 Å². The number of likely N-dealkylation sites (N-methyl/N-ethyl adjacent to an activating group) is 1. The Labute approximate surface area is 224 Å². The van der Waals surface area contributed by atoms with Crippen LogP contribution in [0.5, 0.6) is 5.75 Å². The molecule has 1 spiro atoms.